The molecule has 5 nitrogen and oxygen atoms in total. The maximum absolute atomic E-state index is 10.1. The minimum Gasteiger partial charge on any atom is -0.394 e. The zero-order valence-electron chi connectivity index (χ0n) is 19.4. The summed E-state index contributed by atoms with van der Waals surface area (Å²) in [5, 5.41) is 28.6. The largest absolute Gasteiger partial charge is 0.394 e. The van der Waals surface area contributed by atoms with Gasteiger partial charge in [0, 0.05) is 6.61 Å². The lowest BCUT2D eigenvalue weighted by molar-refractivity contribution is -0.0730. The van der Waals surface area contributed by atoms with Gasteiger partial charge in [-0.3, -0.25) is 0 Å². The van der Waals surface area contributed by atoms with Crippen molar-refractivity contribution in [1.82, 2.24) is 0 Å². The predicted octanol–water partition coefficient (Wildman–Crippen LogP) is 4.91. The lowest BCUT2D eigenvalue weighted by Crippen LogP contribution is -2.41. The number of ether oxygens (including phenoxy) is 2. The zero-order chi connectivity index (χ0) is 21.9. The van der Waals surface area contributed by atoms with Gasteiger partial charge in [0.25, 0.3) is 0 Å². The van der Waals surface area contributed by atoms with Crippen molar-refractivity contribution in [3.8, 4) is 0 Å². The van der Waals surface area contributed by atoms with E-state index in [9.17, 15) is 10.2 Å². The van der Waals surface area contributed by atoms with Crippen molar-refractivity contribution in [2.75, 3.05) is 19.8 Å². The van der Waals surface area contributed by atoms with Crippen LogP contribution < -0.4 is 0 Å². The number of aliphatic hydroxyl groups is 3. The summed E-state index contributed by atoms with van der Waals surface area (Å²) in [6.07, 6.45) is 21.0. The molecule has 5 heteroatoms. The second-order valence-electron chi connectivity index (χ2n) is 8.74. The minimum atomic E-state index is -1.05. The fourth-order valence-corrected chi connectivity index (χ4v) is 3.97. The molecule has 1 aliphatic heterocycles. The molecule has 0 spiro atoms. The Balaban J connectivity index is 1.81. The zero-order valence-corrected chi connectivity index (χ0v) is 19.4. The van der Waals surface area contributed by atoms with E-state index < -0.39 is 31.0 Å². The van der Waals surface area contributed by atoms with Gasteiger partial charge in [-0.05, 0) is 32.1 Å². The number of rotatable bonds is 20. The molecule has 1 aliphatic rings. The Hall–Kier alpha value is -0.460. The highest BCUT2D eigenvalue weighted by molar-refractivity contribution is 4.88. The highest BCUT2D eigenvalue weighted by Gasteiger charge is 2.40. The van der Waals surface area contributed by atoms with Crippen molar-refractivity contribution in [1.29, 1.82) is 0 Å². The summed E-state index contributed by atoms with van der Waals surface area (Å²) >= 11 is 0. The van der Waals surface area contributed by atoms with Crippen LogP contribution >= 0.6 is 0 Å². The molecule has 0 radical (unpaired) electrons. The first-order valence-corrected chi connectivity index (χ1v) is 12.6. The molecule has 1 saturated heterocycles. The summed E-state index contributed by atoms with van der Waals surface area (Å²) in [4.78, 5) is 0. The van der Waals surface area contributed by atoms with Gasteiger partial charge in [0.05, 0.1) is 13.2 Å². The summed E-state index contributed by atoms with van der Waals surface area (Å²) in [5.74, 6) is 0. The first-order chi connectivity index (χ1) is 14.7. The third-order valence-corrected chi connectivity index (χ3v) is 5.97. The molecular formula is C25H48O5. The van der Waals surface area contributed by atoms with Gasteiger partial charge in [0.15, 0.2) is 0 Å². The molecule has 0 unspecified atom stereocenters. The fourth-order valence-electron chi connectivity index (χ4n) is 3.97. The SMILES string of the molecule is CCCCCCC/C=C/CCCCCCCCCCO[C@H]1CO[C@@H]([C@H](O)CO)[C@H]1O. The molecule has 1 fully saturated rings. The quantitative estimate of drug-likeness (QED) is 0.190. The number of hydrogen-bond acceptors (Lipinski definition) is 5. The fraction of sp³-hybridized carbons (Fsp3) is 0.920. The molecule has 1 rings (SSSR count). The summed E-state index contributed by atoms with van der Waals surface area (Å²) in [5.41, 5.74) is 0. The molecule has 3 N–H and O–H groups in total. The molecular weight excluding hydrogens is 380 g/mol. The Morgan fingerprint density at radius 2 is 1.40 bits per heavy atom. The second kappa shape index (κ2) is 19.2. The van der Waals surface area contributed by atoms with Crippen LogP contribution in [0.3, 0.4) is 0 Å². The normalized spacial score (nSPS) is 22.9. The Morgan fingerprint density at radius 1 is 0.867 bits per heavy atom. The monoisotopic (exact) mass is 428 g/mol. The molecule has 0 aliphatic carbocycles. The summed E-state index contributed by atoms with van der Waals surface area (Å²) < 4.78 is 11.0. The van der Waals surface area contributed by atoms with Crippen molar-refractivity contribution in [3.63, 3.8) is 0 Å². The molecule has 178 valence electrons. The van der Waals surface area contributed by atoms with Crippen molar-refractivity contribution in [2.24, 2.45) is 0 Å². The molecule has 0 bridgehead atoms. The van der Waals surface area contributed by atoms with Gasteiger partial charge in [-0.1, -0.05) is 83.3 Å². The summed E-state index contributed by atoms with van der Waals surface area (Å²) in [7, 11) is 0. The molecule has 0 aromatic rings. The molecule has 30 heavy (non-hydrogen) atoms. The molecule has 0 saturated carbocycles. The average molecular weight is 429 g/mol. The molecule has 0 aromatic heterocycles. The maximum Gasteiger partial charge on any atom is 0.114 e. The smallest absolute Gasteiger partial charge is 0.114 e. The van der Waals surface area contributed by atoms with Crippen molar-refractivity contribution >= 4 is 0 Å². The van der Waals surface area contributed by atoms with E-state index in [-0.39, 0.29) is 6.61 Å². The van der Waals surface area contributed by atoms with Crippen LogP contribution in [0.5, 0.6) is 0 Å². The Bertz CT molecular complexity index is 401. The van der Waals surface area contributed by atoms with Crippen LogP contribution in [0.4, 0.5) is 0 Å². The lowest BCUT2D eigenvalue weighted by atomic mass is 10.1. The van der Waals surface area contributed by atoms with Crippen LogP contribution in [0.1, 0.15) is 103 Å². The number of allylic oxidation sites excluding steroid dienone is 2. The first kappa shape index (κ1) is 27.6. The topological polar surface area (TPSA) is 79.2 Å². The predicted molar refractivity (Wildman–Crippen MR) is 123 cm³/mol. The van der Waals surface area contributed by atoms with E-state index in [0.29, 0.717) is 6.61 Å². The Morgan fingerprint density at radius 3 is 1.97 bits per heavy atom. The number of unbranched alkanes of at least 4 members (excludes halogenated alkanes) is 13. The van der Waals surface area contributed by atoms with E-state index in [1.807, 2.05) is 0 Å². The van der Waals surface area contributed by atoms with Gasteiger partial charge >= 0.3 is 0 Å². The van der Waals surface area contributed by atoms with Crippen LogP contribution in [0, 0.1) is 0 Å². The Kier molecular flexibility index (Phi) is 17.7. The maximum atomic E-state index is 10.1. The van der Waals surface area contributed by atoms with Crippen LogP contribution in [-0.4, -0.2) is 59.6 Å². The van der Waals surface area contributed by atoms with E-state index in [2.05, 4.69) is 19.1 Å². The molecule has 1 heterocycles. The van der Waals surface area contributed by atoms with Crippen molar-refractivity contribution < 1.29 is 24.8 Å². The Labute approximate surface area is 184 Å². The standard InChI is InChI=1S/C25H48O5/c1-2-3-4-5-6-7-8-9-10-11-12-13-14-15-16-17-18-19-29-23-21-30-25(24(23)28)22(27)20-26/h8-9,22-28H,2-7,10-21H2,1H3/b9-8+/t22-,23+,24+,25+/m1/s1. The van der Waals surface area contributed by atoms with Crippen molar-refractivity contribution in [3.05, 3.63) is 12.2 Å². The first-order valence-electron chi connectivity index (χ1n) is 12.6. The van der Waals surface area contributed by atoms with Gasteiger partial charge in [-0.25, -0.2) is 0 Å². The highest BCUT2D eigenvalue weighted by Crippen LogP contribution is 2.20. The average Bonchev–Trinajstić information content (AvgIpc) is 3.12. The molecule has 0 amide bonds. The van der Waals surface area contributed by atoms with Crippen LogP contribution in [-0.2, 0) is 9.47 Å². The van der Waals surface area contributed by atoms with Crippen LogP contribution in [0.2, 0.25) is 0 Å². The minimum absolute atomic E-state index is 0.275. The second-order valence-corrected chi connectivity index (χ2v) is 8.74. The van der Waals surface area contributed by atoms with E-state index >= 15 is 0 Å². The summed E-state index contributed by atoms with van der Waals surface area (Å²) in [6.45, 7) is 2.74. The van der Waals surface area contributed by atoms with E-state index in [1.165, 1.54) is 83.5 Å². The van der Waals surface area contributed by atoms with E-state index in [4.69, 9.17) is 14.6 Å². The summed E-state index contributed by atoms with van der Waals surface area (Å²) in [6, 6.07) is 0. The van der Waals surface area contributed by atoms with Crippen molar-refractivity contribution in [2.45, 2.75) is 128 Å². The van der Waals surface area contributed by atoms with Crippen LogP contribution in [0.25, 0.3) is 0 Å². The molecule has 0 aromatic carbocycles. The third kappa shape index (κ3) is 13.1. The highest BCUT2D eigenvalue weighted by atomic mass is 16.6. The van der Waals surface area contributed by atoms with E-state index in [1.54, 1.807) is 0 Å². The van der Waals surface area contributed by atoms with Gasteiger partial charge in [-0.15, -0.1) is 0 Å². The third-order valence-electron chi connectivity index (χ3n) is 5.97. The van der Waals surface area contributed by atoms with Gasteiger partial charge in [0.2, 0.25) is 0 Å². The molecule has 4 atom stereocenters. The van der Waals surface area contributed by atoms with Crippen LogP contribution in [0.15, 0.2) is 12.2 Å². The van der Waals surface area contributed by atoms with Gasteiger partial charge < -0.3 is 24.8 Å². The van der Waals surface area contributed by atoms with Gasteiger partial charge in [-0.2, -0.15) is 0 Å². The number of hydrogen-bond donors (Lipinski definition) is 3. The lowest BCUT2D eigenvalue weighted by Gasteiger charge is -2.20. The number of aliphatic hydroxyl groups excluding tert-OH is 3. The van der Waals surface area contributed by atoms with E-state index in [0.717, 1.165) is 12.8 Å². The van der Waals surface area contributed by atoms with Gasteiger partial charge in [0.1, 0.15) is 24.4 Å².